The number of hydrogen-bond donors (Lipinski definition) is 1. The van der Waals surface area contributed by atoms with Gasteiger partial charge in [-0.05, 0) is 26.0 Å². The van der Waals surface area contributed by atoms with Crippen molar-refractivity contribution in [1.82, 2.24) is 10.3 Å². The third-order valence-corrected chi connectivity index (χ3v) is 3.88. The number of nitrogens with zero attached hydrogens (tertiary/aromatic N) is 1. The van der Waals surface area contributed by atoms with Gasteiger partial charge in [-0.15, -0.1) is 22.7 Å². The van der Waals surface area contributed by atoms with Crippen LogP contribution in [0.15, 0.2) is 23.0 Å². The molecule has 1 atom stereocenters. The minimum atomic E-state index is 0.332. The lowest BCUT2D eigenvalue weighted by Gasteiger charge is -2.09. The Balaban J connectivity index is 1.88. The Labute approximate surface area is 98.0 Å². The summed E-state index contributed by atoms with van der Waals surface area (Å²) >= 11 is 3.49. The summed E-state index contributed by atoms with van der Waals surface area (Å²) in [5.41, 5.74) is 3.01. The van der Waals surface area contributed by atoms with Crippen LogP contribution in [0.2, 0.25) is 0 Å². The zero-order valence-corrected chi connectivity index (χ0v) is 10.5. The Morgan fingerprint density at radius 3 is 2.93 bits per heavy atom. The predicted octanol–water partition coefficient (Wildman–Crippen LogP) is 3.36. The first-order valence-corrected chi connectivity index (χ1v) is 6.68. The van der Waals surface area contributed by atoms with Crippen LogP contribution in [0.25, 0.3) is 0 Å². The van der Waals surface area contributed by atoms with Gasteiger partial charge in [0.1, 0.15) is 0 Å². The van der Waals surface area contributed by atoms with Crippen LogP contribution in [0, 0.1) is 6.92 Å². The lowest BCUT2D eigenvalue weighted by Crippen LogP contribution is -2.17. The Morgan fingerprint density at radius 2 is 2.33 bits per heavy atom. The van der Waals surface area contributed by atoms with E-state index in [2.05, 4.69) is 41.7 Å². The van der Waals surface area contributed by atoms with E-state index in [-0.39, 0.29) is 0 Å². The monoisotopic (exact) mass is 238 g/mol. The first-order chi connectivity index (χ1) is 7.25. The molecule has 4 heteroatoms. The summed E-state index contributed by atoms with van der Waals surface area (Å²) in [7, 11) is 0. The van der Waals surface area contributed by atoms with Gasteiger partial charge in [-0.2, -0.15) is 0 Å². The lowest BCUT2D eigenvalue weighted by atomic mass is 10.2. The molecule has 0 aliphatic rings. The fourth-order valence-corrected chi connectivity index (χ4v) is 2.86. The molecule has 0 amide bonds. The predicted molar refractivity (Wildman–Crippen MR) is 66.4 cm³/mol. The highest BCUT2D eigenvalue weighted by atomic mass is 32.1. The molecule has 2 nitrogen and oxygen atoms in total. The standard InChI is InChI=1S/C11H14N2S2/c1-8-3-4-10(15-8)5-12-9(2)11-6-14-7-13-11/h3-4,6-7,9,12H,5H2,1-2H3. The topological polar surface area (TPSA) is 24.9 Å². The molecule has 0 aliphatic carbocycles. The van der Waals surface area contributed by atoms with E-state index in [0.717, 1.165) is 12.2 Å². The average molecular weight is 238 g/mol. The van der Waals surface area contributed by atoms with E-state index in [1.54, 1.807) is 11.3 Å². The Bertz CT molecular complexity index is 406. The van der Waals surface area contributed by atoms with Crippen LogP contribution in [0.1, 0.15) is 28.4 Å². The van der Waals surface area contributed by atoms with Gasteiger partial charge in [0.15, 0.2) is 0 Å². The van der Waals surface area contributed by atoms with E-state index >= 15 is 0 Å². The molecule has 2 rings (SSSR count). The molecule has 0 bridgehead atoms. The molecule has 15 heavy (non-hydrogen) atoms. The highest BCUT2D eigenvalue weighted by Gasteiger charge is 2.06. The summed E-state index contributed by atoms with van der Waals surface area (Å²) in [6.07, 6.45) is 0. The first-order valence-electron chi connectivity index (χ1n) is 4.92. The molecule has 0 saturated heterocycles. The molecular weight excluding hydrogens is 224 g/mol. The zero-order chi connectivity index (χ0) is 10.7. The molecule has 0 radical (unpaired) electrons. The molecule has 80 valence electrons. The van der Waals surface area contributed by atoms with Crippen LogP contribution in [0.5, 0.6) is 0 Å². The maximum atomic E-state index is 4.29. The largest absolute Gasteiger partial charge is 0.304 e. The van der Waals surface area contributed by atoms with Gasteiger partial charge in [-0.1, -0.05) is 0 Å². The molecule has 0 saturated carbocycles. The van der Waals surface area contributed by atoms with Crippen molar-refractivity contribution >= 4 is 22.7 Å². The van der Waals surface area contributed by atoms with Crippen LogP contribution in [-0.4, -0.2) is 4.98 Å². The van der Waals surface area contributed by atoms with Crippen molar-refractivity contribution in [1.29, 1.82) is 0 Å². The third-order valence-electron chi connectivity index (χ3n) is 2.27. The van der Waals surface area contributed by atoms with E-state index in [0.29, 0.717) is 6.04 Å². The Morgan fingerprint density at radius 1 is 1.47 bits per heavy atom. The second-order valence-electron chi connectivity index (χ2n) is 3.53. The van der Waals surface area contributed by atoms with Crippen molar-refractivity contribution < 1.29 is 0 Å². The molecule has 0 aromatic carbocycles. The SMILES string of the molecule is Cc1ccc(CNC(C)c2cscn2)s1. The van der Waals surface area contributed by atoms with Gasteiger partial charge in [-0.25, -0.2) is 4.98 Å². The molecule has 1 N–H and O–H groups in total. The summed E-state index contributed by atoms with van der Waals surface area (Å²) < 4.78 is 0. The van der Waals surface area contributed by atoms with Crippen LogP contribution < -0.4 is 5.32 Å². The summed E-state index contributed by atoms with van der Waals surface area (Å²) in [5, 5.41) is 5.56. The van der Waals surface area contributed by atoms with Crippen LogP contribution in [-0.2, 0) is 6.54 Å². The van der Waals surface area contributed by atoms with Crippen molar-refractivity contribution in [3.05, 3.63) is 38.5 Å². The number of thiophene rings is 1. The maximum absolute atomic E-state index is 4.29. The van der Waals surface area contributed by atoms with Crippen molar-refractivity contribution in [2.24, 2.45) is 0 Å². The highest BCUT2D eigenvalue weighted by Crippen LogP contribution is 2.17. The van der Waals surface area contributed by atoms with Gasteiger partial charge < -0.3 is 5.32 Å². The van der Waals surface area contributed by atoms with Gasteiger partial charge in [-0.3, -0.25) is 0 Å². The molecule has 2 aromatic rings. The fourth-order valence-electron chi connectivity index (χ4n) is 1.37. The van der Waals surface area contributed by atoms with Crippen molar-refractivity contribution in [2.75, 3.05) is 0 Å². The van der Waals surface area contributed by atoms with Gasteiger partial charge in [0.25, 0.3) is 0 Å². The average Bonchev–Trinajstić information content (AvgIpc) is 2.84. The second-order valence-corrected chi connectivity index (χ2v) is 5.62. The molecule has 2 heterocycles. The van der Waals surface area contributed by atoms with E-state index in [1.807, 2.05) is 16.8 Å². The quantitative estimate of drug-likeness (QED) is 0.883. The van der Waals surface area contributed by atoms with Crippen LogP contribution in [0.3, 0.4) is 0 Å². The molecule has 0 spiro atoms. The number of rotatable bonds is 4. The summed E-state index contributed by atoms with van der Waals surface area (Å²) in [6.45, 7) is 5.21. The minimum absolute atomic E-state index is 0.332. The summed E-state index contributed by atoms with van der Waals surface area (Å²) in [5.74, 6) is 0. The highest BCUT2D eigenvalue weighted by molar-refractivity contribution is 7.11. The number of nitrogens with one attached hydrogen (secondary N) is 1. The Kier molecular flexibility index (Phi) is 3.51. The van der Waals surface area contributed by atoms with Gasteiger partial charge >= 0.3 is 0 Å². The smallest absolute Gasteiger partial charge is 0.0795 e. The second kappa shape index (κ2) is 4.88. The van der Waals surface area contributed by atoms with Crippen LogP contribution >= 0.6 is 22.7 Å². The fraction of sp³-hybridized carbons (Fsp3) is 0.364. The maximum Gasteiger partial charge on any atom is 0.0795 e. The number of hydrogen-bond acceptors (Lipinski definition) is 4. The molecule has 0 fully saturated rings. The van der Waals surface area contributed by atoms with Gasteiger partial charge in [0.2, 0.25) is 0 Å². The van der Waals surface area contributed by atoms with E-state index in [4.69, 9.17) is 0 Å². The Hall–Kier alpha value is -0.710. The van der Waals surface area contributed by atoms with Crippen molar-refractivity contribution in [3.8, 4) is 0 Å². The van der Waals surface area contributed by atoms with Gasteiger partial charge in [0, 0.05) is 27.7 Å². The molecule has 0 aliphatic heterocycles. The van der Waals surface area contributed by atoms with E-state index in [9.17, 15) is 0 Å². The third kappa shape index (κ3) is 2.87. The number of aryl methyl sites for hydroxylation is 1. The zero-order valence-electron chi connectivity index (χ0n) is 8.86. The van der Waals surface area contributed by atoms with Crippen LogP contribution in [0.4, 0.5) is 0 Å². The summed E-state index contributed by atoms with van der Waals surface area (Å²) in [6, 6.07) is 4.68. The van der Waals surface area contributed by atoms with Crippen molar-refractivity contribution in [2.45, 2.75) is 26.4 Å². The van der Waals surface area contributed by atoms with Crippen molar-refractivity contribution in [3.63, 3.8) is 0 Å². The lowest BCUT2D eigenvalue weighted by molar-refractivity contribution is 0.568. The van der Waals surface area contributed by atoms with E-state index in [1.165, 1.54) is 9.75 Å². The molecule has 2 aromatic heterocycles. The first kappa shape index (κ1) is 10.8. The normalized spacial score (nSPS) is 12.9. The van der Waals surface area contributed by atoms with E-state index < -0.39 is 0 Å². The summed E-state index contributed by atoms with van der Waals surface area (Å²) in [4.78, 5) is 7.05. The molecular formula is C11H14N2S2. The number of aromatic nitrogens is 1. The minimum Gasteiger partial charge on any atom is -0.304 e. The molecule has 1 unspecified atom stereocenters. The number of thiazole rings is 1. The van der Waals surface area contributed by atoms with Gasteiger partial charge in [0.05, 0.1) is 11.2 Å².